The molecule has 2 atom stereocenters. The third kappa shape index (κ3) is 3.44. The predicted octanol–water partition coefficient (Wildman–Crippen LogP) is 1.38. The summed E-state index contributed by atoms with van der Waals surface area (Å²) in [5.74, 6) is 2.54. The van der Waals surface area contributed by atoms with Gasteiger partial charge in [0, 0.05) is 25.8 Å². The number of nitrogens with one attached hydrogen (secondary N) is 1. The van der Waals surface area contributed by atoms with Gasteiger partial charge in [-0.1, -0.05) is 6.92 Å². The molecule has 0 radical (unpaired) electrons. The van der Waals surface area contributed by atoms with Gasteiger partial charge >= 0.3 is 0 Å². The van der Waals surface area contributed by atoms with E-state index in [2.05, 4.69) is 12.2 Å². The van der Waals surface area contributed by atoms with E-state index >= 15 is 0 Å². The van der Waals surface area contributed by atoms with Crippen molar-refractivity contribution in [1.82, 2.24) is 5.32 Å². The van der Waals surface area contributed by atoms with Crippen LogP contribution in [0.3, 0.4) is 0 Å². The Hall–Kier alpha value is -0.120. The highest BCUT2D eigenvalue weighted by Gasteiger charge is 2.29. The molecule has 1 heterocycles. The highest BCUT2D eigenvalue weighted by atomic mass is 16.5. The van der Waals surface area contributed by atoms with Gasteiger partial charge in [-0.3, -0.25) is 0 Å². The zero-order valence-electron chi connectivity index (χ0n) is 10.5. The van der Waals surface area contributed by atoms with Gasteiger partial charge in [0.15, 0.2) is 0 Å². The molecule has 3 heteroatoms. The lowest BCUT2D eigenvalue weighted by Crippen LogP contribution is -2.45. The van der Waals surface area contributed by atoms with Crippen molar-refractivity contribution in [3.63, 3.8) is 0 Å². The maximum atomic E-state index is 5.88. The van der Waals surface area contributed by atoms with Crippen molar-refractivity contribution < 1.29 is 4.74 Å². The molecule has 0 aromatic carbocycles. The van der Waals surface area contributed by atoms with E-state index in [1.807, 2.05) is 0 Å². The van der Waals surface area contributed by atoms with Crippen LogP contribution in [-0.2, 0) is 4.74 Å². The lowest BCUT2D eigenvalue weighted by atomic mass is 9.91. The molecule has 1 saturated heterocycles. The van der Waals surface area contributed by atoms with Gasteiger partial charge in [-0.25, -0.2) is 0 Å². The summed E-state index contributed by atoms with van der Waals surface area (Å²) in [6.45, 7) is 6.11. The molecule has 3 N–H and O–H groups in total. The Morgan fingerprint density at radius 2 is 1.88 bits per heavy atom. The Balaban J connectivity index is 1.70. The molecule has 2 fully saturated rings. The van der Waals surface area contributed by atoms with Crippen LogP contribution in [0.5, 0.6) is 0 Å². The van der Waals surface area contributed by atoms with E-state index < -0.39 is 0 Å². The zero-order chi connectivity index (χ0) is 11.4. The third-order valence-corrected chi connectivity index (χ3v) is 4.22. The summed E-state index contributed by atoms with van der Waals surface area (Å²) in [5, 5.41) is 3.68. The molecule has 0 spiro atoms. The first kappa shape index (κ1) is 12.3. The van der Waals surface area contributed by atoms with E-state index in [-0.39, 0.29) is 0 Å². The summed E-state index contributed by atoms with van der Waals surface area (Å²) in [4.78, 5) is 0. The minimum Gasteiger partial charge on any atom is -0.381 e. The fourth-order valence-corrected chi connectivity index (χ4v) is 2.73. The van der Waals surface area contributed by atoms with Gasteiger partial charge in [-0.05, 0) is 50.0 Å². The second-order valence-electron chi connectivity index (χ2n) is 5.51. The molecule has 3 nitrogen and oxygen atoms in total. The summed E-state index contributed by atoms with van der Waals surface area (Å²) in [6, 6.07) is 0.505. The van der Waals surface area contributed by atoms with E-state index in [9.17, 15) is 0 Å². The fourth-order valence-electron chi connectivity index (χ4n) is 2.73. The van der Waals surface area contributed by atoms with Gasteiger partial charge in [0.2, 0.25) is 0 Å². The molecular weight excluding hydrogens is 200 g/mol. The second-order valence-corrected chi connectivity index (χ2v) is 5.51. The monoisotopic (exact) mass is 226 g/mol. The third-order valence-electron chi connectivity index (χ3n) is 4.22. The normalized spacial score (nSPS) is 26.6. The van der Waals surface area contributed by atoms with Crippen LogP contribution in [0.25, 0.3) is 0 Å². The SMILES string of the molecule is CC(CNC(CN)C1CCOCC1)C1CC1. The number of ether oxygens (including phenoxy) is 1. The van der Waals surface area contributed by atoms with Crippen LogP contribution in [0.2, 0.25) is 0 Å². The summed E-state index contributed by atoms with van der Waals surface area (Å²) < 4.78 is 5.40. The Labute approximate surface area is 99.1 Å². The molecule has 0 bridgehead atoms. The van der Waals surface area contributed by atoms with Crippen LogP contribution in [0, 0.1) is 17.8 Å². The van der Waals surface area contributed by atoms with Crippen molar-refractivity contribution in [2.24, 2.45) is 23.5 Å². The molecule has 16 heavy (non-hydrogen) atoms. The molecule has 0 amide bonds. The first-order valence-corrected chi connectivity index (χ1v) is 6.82. The van der Waals surface area contributed by atoms with E-state index in [1.165, 1.54) is 25.7 Å². The van der Waals surface area contributed by atoms with Crippen molar-refractivity contribution in [3.8, 4) is 0 Å². The standard InChI is InChI=1S/C13H26N2O/c1-10(11-2-3-11)9-15-13(8-14)12-4-6-16-7-5-12/h10-13,15H,2-9,14H2,1H3. The van der Waals surface area contributed by atoms with E-state index in [4.69, 9.17) is 10.5 Å². The first-order valence-electron chi connectivity index (χ1n) is 6.82. The van der Waals surface area contributed by atoms with Gasteiger partial charge in [-0.15, -0.1) is 0 Å². The Bertz CT molecular complexity index is 200. The fraction of sp³-hybridized carbons (Fsp3) is 1.00. The van der Waals surface area contributed by atoms with Gasteiger partial charge in [0.05, 0.1) is 0 Å². The number of hydrogen-bond acceptors (Lipinski definition) is 3. The van der Waals surface area contributed by atoms with Crippen LogP contribution in [0.4, 0.5) is 0 Å². The molecule has 2 rings (SSSR count). The number of nitrogens with two attached hydrogens (primary N) is 1. The van der Waals surface area contributed by atoms with Crippen molar-refractivity contribution in [1.29, 1.82) is 0 Å². The summed E-state index contributed by atoms with van der Waals surface area (Å²) in [7, 11) is 0. The van der Waals surface area contributed by atoms with Gasteiger partial charge in [0.25, 0.3) is 0 Å². The second kappa shape index (κ2) is 5.99. The first-order chi connectivity index (χ1) is 7.81. The number of rotatable bonds is 6. The van der Waals surface area contributed by atoms with Crippen LogP contribution in [-0.4, -0.2) is 32.3 Å². The molecule has 1 saturated carbocycles. The maximum absolute atomic E-state index is 5.88. The quantitative estimate of drug-likeness (QED) is 0.719. The van der Waals surface area contributed by atoms with Crippen molar-refractivity contribution in [2.75, 3.05) is 26.3 Å². The van der Waals surface area contributed by atoms with Gasteiger partial charge in [0.1, 0.15) is 0 Å². The van der Waals surface area contributed by atoms with Crippen molar-refractivity contribution in [3.05, 3.63) is 0 Å². The minimum absolute atomic E-state index is 0.505. The maximum Gasteiger partial charge on any atom is 0.0469 e. The largest absolute Gasteiger partial charge is 0.381 e. The molecule has 94 valence electrons. The van der Waals surface area contributed by atoms with Crippen molar-refractivity contribution >= 4 is 0 Å². The molecule has 2 unspecified atom stereocenters. The van der Waals surface area contributed by atoms with Crippen LogP contribution < -0.4 is 11.1 Å². The van der Waals surface area contributed by atoms with Gasteiger partial charge in [-0.2, -0.15) is 0 Å². The summed E-state index contributed by atoms with van der Waals surface area (Å²) in [6.07, 6.45) is 5.22. The lowest BCUT2D eigenvalue weighted by molar-refractivity contribution is 0.0542. The highest BCUT2D eigenvalue weighted by molar-refractivity contribution is 4.84. The Morgan fingerprint density at radius 1 is 1.19 bits per heavy atom. The van der Waals surface area contributed by atoms with Gasteiger partial charge < -0.3 is 15.8 Å². The van der Waals surface area contributed by atoms with E-state index in [1.54, 1.807) is 0 Å². The highest BCUT2D eigenvalue weighted by Crippen LogP contribution is 2.36. The minimum atomic E-state index is 0.505. The molecule has 2 aliphatic rings. The molecule has 0 aromatic heterocycles. The van der Waals surface area contributed by atoms with Crippen LogP contribution >= 0.6 is 0 Å². The van der Waals surface area contributed by atoms with Crippen LogP contribution in [0.1, 0.15) is 32.6 Å². The number of hydrogen-bond donors (Lipinski definition) is 2. The Morgan fingerprint density at radius 3 is 2.44 bits per heavy atom. The van der Waals surface area contributed by atoms with E-state index in [0.717, 1.165) is 44.1 Å². The average molecular weight is 226 g/mol. The molecule has 1 aliphatic carbocycles. The Kier molecular flexibility index (Phi) is 4.62. The zero-order valence-corrected chi connectivity index (χ0v) is 10.5. The molecular formula is C13H26N2O. The average Bonchev–Trinajstić information content (AvgIpc) is 3.15. The smallest absolute Gasteiger partial charge is 0.0469 e. The van der Waals surface area contributed by atoms with Crippen molar-refractivity contribution in [2.45, 2.75) is 38.6 Å². The summed E-state index contributed by atoms with van der Waals surface area (Å²) >= 11 is 0. The lowest BCUT2D eigenvalue weighted by Gasteiger charge is -2.31. The van der Waals surface area contributed by atoms with E-state index in [0.29, 0.717) is 6.04 Å². The topological polar surface area (TPSA) is 47.3 Å². The summed E-state index contributed by atoms with van der Waals surface area (Å²) in [5.41, 5.74) is 5.88. The predicted molar refractivity (Wildman–Crippen MR) is 66.3 cm³/mol. The molecule has 0 aromatic rings. The van der Waals surface area contributed by atoms with Crippen LogP contribution in [0.15, 0.2) is 0 Å². The molecule has 1 aliphatic heterocycles.